The van der Waals surface area contributed by atoms with Crippen LogP contribution in [0.15, 0.2) is 15.9 Å². The van der Waals surface area contributed by atoms with Gasteiger partial charge in [-0.3, -0.25) is 9.63 Å². The Morgan fingerprint density at radius 3 is 2.80 bits per heavy atom. The molecular formula is C10H12BrNO2S. The van der Waals surface area contributed by atoms with E-state index >= 15 is 0 Å². The summed E-state index contributed by atoms with van der Waals surface area (Å²) in [6, 6.07) is 3.64. The highest BCUT2D eigenvalue weighted by molar-refractivity contribution is 9.11. The number of rotatable bonds is 3. The molecule has 0 atom stereocenters. The minimum absolute atomic E-state index is 0.155. The molecule has 1 N–H and O–H groups in total. The van der Waals surface area contributed by atoms with Crippen LogP contribution in [-0.2, 0) is 4.84 Å². The number of amides is 1. The van der Waals surface area contributed by atoms with Crippen LogP contribution in [0.5, 0.6) is 0 Å². The number of carbonyl (C=O) groups excluding carboxylic acids is 1. The van der Waals surface area contributed by atoms with E-state index in [0.29, 0.717) is 4.88 Å². The zero-order chi connectivity index (χ0) is 10.7. The van der Waals surface area contributed by atoms with E-state index in [1.165, 1.54) is 24.2 Å². The van der Waals surface area contributed by atoms with Crippen LogP contribution in [0.2, 0.25) is 0 Å². The van der Waals surface area contributed by atoms with Crippen LogP contribution in [-0.4, -0.2) is 12.0 Å². The Kier molecular flexibility index (Phi) is 3.77. The van der Waals surface area contributed by atoms with Gasteiger partial charge in [0.25, 0.3) is 5.91 Å². The second kappa shape index (κ2) is 5.09. The van der Waals surface area contributed by atoms with Gasteiger partial charge in [0.15, 0.2) is 0 Å². The number of hydrogen-bond donors (Lipinski definition) is 1. The van der Waals surface area contributed by atoms with Gasteiger partial charge >= 0.3 is 0 Å². The molecule has 0 radical (unpaired) electrons. The molecule has 0 bridgehead atoms. The van der Waals surface area contributed by atoms with Crippen molar-refractivity contribution in [2.24, 2.45) is 0 Å². The molecule has 1 aromatic rings. The molecule has 1 saturated carbocycles. The first kappa shape index (κ1) is 11.1. The summed E-state index contributed by atoms with van der Waals surface area (Å²) < 4.78 is 0.952. The number of thiophene rings is 1. The summed E-state index contributed by atoms with van der Waals surface area (Å²) in [6.07, 6.45) is 4.70. The Bertz CT molecular complexity index is 347. The third kappa shape index (κ3) is 3.03. The van der Waals surface area contributed by atoms with E-state index in [1.807, 2.05) is 6.07 Å². The minimum Gasteiger partial charge on any atom is -0.270 e. The Balaban J connectivity index is 1.81. The van der Waals surface area contributed by atoms with E-state index in [2.05, 4.69) is 21.4 Å². The summed E-state index contributed by atoms with van der Waals surface area (Å²) in [4.78, 5) is 17.6. The van der Waals surface area contributed by atoms with Gasteiger partial charge in [0.1, 0.15) is 0 Å². The molecule has 0 aliphatic heterocycles. The zero-order valence-electron chi connectivity index (χ0n) is 8.16. The topological polar surface area (TPSA) is 38.3 Å². The van der Waals surface area contributed by atoms with Crippen molar-refractivity contribution in [1.82, 2.24) is 5.48 Å². The van der Waals surface area contributed by atoms with Gasteiger partial charge in [0.2, 0.25) is 0 Å². The third-order valence-electron chi connectivity index (χ3n) is 2.42. The summed E-state index contributed by atoms with van der Waals surface area (Å²) in [5, 5.41) is 0. The van der Waals surface area contributed by atoms with Crippen molar-refractivity contribution in [2.75, 3.05) is 0 Å². The largest absolute Gasteiger partial charge is 0.284 e. The molecule has 0 aromatic carbocycles. The summed E-state index contributed by atoms with van der Waals surface area (Å²) in [6.45, 7) is 0. The summed E-state index contributed by atoms with van der Waals surface area (Å²) >= 11 is 4.72. The highest BCUT2D eigenvalue weighted by atomic mass is 79.9. The Labute approximate surface area is 101 Å². The van der Waals surface area contributed by atoms with Crippen LogP contribution in [0.1, 0.15) is 35.4 Å². The van der Waals surface area contributed by atoms with Crippen LogP contribution in [0, 0.1) is 0 Å². The van der Waals surface area contributed by atoms with Gasteiger partial charge in [0.05, 0.1) is 14.8 Å². The van der Waals surface area contributed by atoms with Crippen molar-refractivity contribution in [2.45, 2.75) is 31.8 Å². The van der Waals surface area contributed by atoms with Crippen molar-refractivity contribution in [3.63, 3.8) is 0 Å². The zero-order valence-corrected chi connectivity index (χ0v) is 10.6. The molecule has 82 valence electrons. The average molecular weight is 290 g/mol. The van der Waals surface area contributed by atoms with Crippen molar-refractivity contribution < 1.29 is 9.63 Å². The van der Waals surface area contributed by atoms with Crippen LogP contribution in [0.3, 0.4) is 0 Å². The Morgan fingerprint density at radius 2 is 2.20 bits per heavy atom. The number of carbonyl (C=O) groups is 1. The Hall–Kier alpha value is -0.390. The second-order valence-corrected chi connectivity index (χ2v) is 6.02. The van der Waals surface area contributed by atoms with Crippen LogP contribution >= 0.6 is 27.3 Å². The van der Waals surface area contributed by atoms with Gasteiger partial charge in [0, 0.05) is 0 Å². The van der Waals surface area contributed by atoms with Crippen molar-refractivity contribution in [3.05, 3.63) is 20.8 Å². The SMILES string of the molecule is O=C(NOC1CCCC1)c1ccc(Br)s1. The molecule has 2 rings (SSSR count). The van der Waals surface area contributed by atoms with Gasteiger partial charge in [-0.2, -0.15) is 0 Å². The summed E-state index contributed by atoms with van der Waals surface area (Å²) in [7, 11) is 0. The predicted molar refractivity (Wildman–Crippen MR) is 62.8 cm³/mol. The van der Waals surface area contributed by atoms with Crippen LogP contribution in [0.4, 0.5) is 0 Å². The first-order valence-corrected chi connectivity index (χ1v) is 6.58. The van der Waals surface area contributed by atoms with E-state index in [9.17, 15) is 4.79 Å². The standard InChI is InChI=1S/C10H12BrNO2S/c11-9-6-5-8(15-9)10(13)12-14-7-3-1-2-4-7/h5-7H,1-4H2,(H,12,13). The first-order chi connectivity index (χ1) is 7.25. The lowest BCUT2D eigenvalue weighted by Crippen LogP contribution is -2.27. The van der Waals surface area contributed by atoms with Crippen molar-refractivity contribution >= 4 is 33.2 Å². The molecule has 0 saturated heterocycles. The molecular weight excluding hydrogens is 278 g/mol. The fourth-order valence-corrected chi connectivity index (χ4v) is 2.90. The first-order valence-electron chi connectivity index (χ1n) is 4.97. The maximum Gasteiger partial charge on any atom is 0.284 e. The fourth-order valence-electron chi connectivity index (χ4n) is 1.63. The Morgan fingerprint density at radius 1 is 1.47 bits per heavy atom. The normalized spacial score (nSPS) is 16.9. The second-order valence-electron chi connectivity index (χ2n) is 3.56. The monoisotopic (exact) mass is 289 g/mol. The molecule has 1 heterocycles. The average Bonchev–Trinajstić information content (AvgIpc) is 2.84. The molecule has 1 aliphatic rings. The van der Waals surface area contributed by atoms with E-state index in [0.717, 1.165) is 16.6 Å². The maximum absolute atomic E-state index is 11.6. The lowest BCUT2D eigenvalue weighted by atomic mass is 10.3. The molecule has 1 aliphatic carbocycles. The summed E-state index contributed by atoms with van der Waals surface area (Å²) in [5.74, 6) is -0.155. The highest BCUT2D eigenvalue weighted by Gasteiger charge is 2.17. The minimum atomic E-state index is -0.155. The van der Waals surface area contributed by atoms with Gasteiger partial charge < -0.3 is 0 Å². The van der Waals surface area contributed by atoms with Crippen LogP contribution in [0.25, 0.3) is 0 Å². The number of hydroxylamine groups is 1. The molecule has 1 amide bonds. The van der Waals surface area contributed by atoms with E-state index in [1.54, 1.807) is 6.07 Å². The van der Waals surface area contributed by atoms with Gasteiger partial charge in [-0.15, -0.1) is 11.3 Å². The predicted octanol–water partition coefficient (Wildman–Crippen LogP) is 3.11. The molecule has 5 heteroatoms. The van der Waals surface area contributed by atoms with E-state index in [-0.39, 0.29) is 12.0 Å². The number of hydrogen-bond acceptors (Lipinski definition) is 3. The molecule has 15 heavy (non-hydrogen) atoms. The smallest absolute Gasteiger partial charge is 0.270 e. The quantitative estimate of drug-likeness (QED) is 0.869. The lowest BCUT2D eigenvalue weighted by Gasteiger charge is -2.10. The molecule has 3 nitrogen and oxygen atoms in total. The fraction of sp³-hybridized carbons (Fsp3) is 0.500. The van der Waals surface area contributed by atoms with Crippen LogP contribution < -0.4 is 5.48 Å². The number of nitrogens with one attached hydrogen (secondary N) is 1. The van der Waals surface area contributed by atoms with E-state index < -0.39 is 0 Å². The van der Waals surface area contributed by atoms with Gasteiger partial charge in [-0.1, -0.05) is 12.8 Å². The van der Waals surface area contributed by atoms with Crippen molar-refractivity contribution in [3.8, 4) is 0 Å². The van der Waals surface area contributed by atoms with Gasteiger partial charge in [-0.05, 0) is 40.9 Å². The molecule has 1 fully saturated rings. The molecule has 1 aromatic heterocycles. The van der Waals surface area contributed by atoms with Gasteiger partial charge in [-0.25, -0.2) is 5.48 Å². The highest BCUT2D eigenvalue weighted by Crippen LogP contribution is 2.23. The maximum atomic E-state index is 11.6. The summed E-state index contributed by atoms with van der Waals surface area (Å²) in [5.41, 5.74) is 2.50. The molecule has 0 unspecified atom stereocenters. The third-order valence-corrected chi connectivity index (χ3v) is 4.04. The number of halogens is 1. The van der Waals surface area contributed by atoms with Crippen molar-refractivity contribution in [1.29, 1.82) is 0 Å². The lowest BCUT2D eigenvalue weighted by molar-refractivity contribution is -0.0122. The van der Waals surface area contributed by atoms with E-state index in [4.69, 9.17) is 4.84 Å². The molecule has 0 spiro atoms.